The quantitative estimate of drug-likeness (QED) is 0.296. The minimum absolute atomic E-state index is 0.00150. The van der Waals surface area contributed by atoms with Crippen LogP contribution in [-0.2, 0) is 42.2 Å². The molecule has 44 heavy (non-hydrogen) atoms. The minimum Gasteiger partial charge on any atom is -0.481 e. The first-order valence-corrected chi connectivity index (χ1v) is 15.6. The van der Waals surface area contributed by atoms with Gasteiger partial charge >= 0.3 is 12.1 Å². The van der Waals surface area contributed by atoms with Gasteiger partial charge in [-0.15, -0.1) is 0 Å². The van der Waals surface area contributed by atoms with Gasteiger partial charge in [0.25, 0.3) is 0 Å². The highest BCUT2D eigenvalue weighted by Gasteiger charge is 2.42. The van der Waals surface area contributed by atoms with Gasteiger partial charge in [0.05, 0.1) is 30.6 Å². The summed E-state index contributed by atoms with van der Waals surface area (Å²) in [6, 6.07) is 19.9. The van der Waals surface area contributed by atoms with E-state index in [4.69, 9.17) is 4.74 Å². The summed E-state index contributed by atoms with van der Waals surface area (Å²) in [6.07, 6.45) is -0.254. The third-order valence-electron chi connectivity index (χ3n) is 6.50. The van der Waals surface area contributed by atoms with Crippen molar-refractivity contribution < 1.29 is 37.4 Å². The number of carbonyl (C=O) groups is 4. The highest BCUT2D eigenvalue weighted by atomic mass is 32.2. The molecule has 1 aliphatic heterocycles. The van der Waals surface area contributed by atoms with Gasteiger partial charge in [-0.1, -0.05) is 36.4 Å². The van der Waals surface area contributed by atoms with Crippen LogP contribution in [0.5, 0.6) is 0 Å². The number of hydrogen-bond donors (Lipinski definition) is 3. The fourth-order valence-electron chi connectivity index (χ4n) is 4.67. The van der Waals surface area contributed by atoms with Crippen molar-refractivity contribution in [1.29, 1.82) is 0 Å². The summed E-state index contributed by atoms with van der Waals surface area (Å²) < 4.78 is 30.8. The van der Waals surface area contributed by atoms with E-state index in [-0.39, 0.29) is 13.1 Å². The number of ether oxygens (including phenoxy) is 1. The third-order valence-corrected chi connectivity index (χ3v) is 7.11. The summed E-state index contributed by atoms with van der Waals surface area (Å²) >= 11 is 0. The number of carboxylic acids is 1. The molecule has 0 aliphatic carbocycles. The zero-order valence-electron chi connectivity index (χ0n) is 24.7. The van der Waals surface area contributed by atoms with E-state index in [1.807, 2.05) is 0 Å². The summed E-state index contributed by atoms with van der Waals surface area (Å²) in [5, 5.41) is 12.3. The van der Waals surface area contributed by atoms with E-state index < -0.39 is 51.8 Å². The number of hydrogen-bond acceptors (Lipinski definition) is 7. The van der Waals surface area contributed by atoms with Gasteiger partial charge in [0.15, 0.2) is 0 Å². The van der Waals surface area contributed by atoms with Crippen LogP contribution in [0.25, 0.3) is 0 Å². The fourth-order valence-corrected chi connectivity index (χ4v) is 5.24. The van der Waals surface area contributed by atoms with Crippen LogP contribution >= 0.6 is 0 Å². The maximum absolute atomic E-state index is 13.9. The molecular formula is C31H34N4O8S. The number of fused-ring (bicyclic) bond motifs is 1. The number of benzene rings is 3. The molecule has 13 heteroatoms. The van der Waals surface area contributed by atoms with Gasteiger partial charge in [0.2, 0.25) is 21.8 Å². The van der Waals surface area contributed by atoms with E-state index in [1.54, 1.807) is 93.6 Å². The van der Waals surface area contributed by atoms with Crippen molar-refractivity contribution in [2.75, 3.05) is 20.8 Å². The first-order valence-electron chi connectivity index (χ1n) is 13.7. The summed E-state index contributed by atoms with van der Waals surface area (Å²) in [4.78, 5) is 54.4. The van der Waals surface area contributed by atoms with Crippen molar-refractivity contribution >= 4 is 56.6 Å². The molecule has 1 unspecified atom stereocenters. The molecular weight excluding hydrogens is 588 g/mol. The van der Waals surface area contributed by atoms with Crippen LogP contribution in [0.15, 0.2) is 72.8 Å². The Labute approximate surface area is 255 Å². The van der Waals surface area contributed by atoms with Crippen molar-refractivity contribution in [1.82, 2.24) is 5.32 Å². The molecule has 232 valence electrons. The van der Waals surface area contributed by atoms with Crippen molar-refractivity contribution in [3.8, 4) is 0 Å². The molecule has 3 aromatic rings. The molecule has 0 bridgehead atoms. The van der Waals surface area contributed by atoms with Crippen molar-refractivity contribution in [2.24, 2.45) is 5.92 Å². The van der Waals surface area contributed by atoms with Crippen molar-refractivity contribution in [3.63, 3.8) is 0 Å². The Kier molecular flexibility index (Phi) is 9.28. The number of nitrogens with one attached hydrogen (secondary N) is 2. The van der Waals surface area contributed by atoms with E-state index in [1.165, 1.54) is 9.80 Å². The molecule has 0 saturated carbocycles. The topological polar surface area (TPSA) is 162 Å². The Hall–Kier alpha value is -4.91. The van der Waals surface area contributed by atoms with Crippen LogP contribution < -0.4 is 19.8 Å². The number of carbonyl (C=O) groups excluding carboxylic acids is 3. The van der Waals surface area contributed by atoms with Crippen LogP contribution in [0, 0.1) is 5.92 Å². The van der Waals surface area contributed by atoms with Gasteiger partial charge in [0.1, 0.15) is 11.5 Å². The van der Waals surface area contributed by atoms with Crippen molar-refractivity contribution in [2.45, 2.75) is 45.9 Å². The zero-order valence-corrected chi connectivity index (χ0v) is 25.6. The number of alkyl carbamates (subject to hydrolysis) is 1. The molecule has 3 amide bonds. The van der Waals surface area contributed by atoms with E-state index in [0.717, 1.165) is 11.8 Å². The van der Waals surface area contributed by atoms with E-state index >= 15 is 0 Å². The molecule has 0 fully saturated rings. The predicted octanol–water partition coefficient (Wildman–Crippen LogP) is 4.39. The second kappa shape index (κ2) is 12.8. The number of sulfonamides is 1. The second-order valence-corrected chi connectivity index (χ2v) is 13.1. The first kappa shape index (κ1) is 32.0. The number of amides is 3. The average Bonchev–Trinajstić information content (AvgIpc) is 3.00. The number of aliphatic carboxylic acids is 1. The van der Waals surface area contributed by atoms with E-state index in [0.29, 0.717) is 28.3 Å². The maximum atomic E-state index is 13.9. The highest BCUT2D eigenvalue weighted by Crippen LogP contribution is 2.40. The molecule has 3 N–H and O–H groups in total. The van der Waals surface area contributed by atoms with E-state index in [9.17, 15) is 32.7 Å². The molecule has 12 nitrogen and oxygen atoms in total. The number of anilines is 4. The number of nitrogens with zero attached hydrogens (tertiary/aromatic N) is 2. The van der Waals surface area contributed by atoms with Crippen LogP contribution in [0.3, 0.4) is 0 Å². The molecule has 1 heterocycles. The summed E-state index contributed by atoms with van der Waals surface area (Å²) in [6.45, 7) is 5.45. The lowest BCUT2D eigenvalue weighted by Gasteiger charge is -2.26. The lowest BCUT2D eigenvalue weighted by atomic mass is 10.0. The summed E-state index contributed by atoms with van der Waals surface area (Å²) in [5.41, 5.74) is 2.23. The zero-order chi connectivity index (χ0) is 32.2. The normalized spacial score (nSPS) is 15.3. The van der Waals surface area contributed by atoms with Gasteiger partial charge in [-0.25, -0.2) is 13.2 Å². The summed E-state index contributed by atoms with van der Waals surface area (Å²) in [5.74, 6) is -4.19. The molecule has 3 aromatic carbocycles. The number of para-hydroxylation sites is 2. The third kappa shape index (κ3) is 8.13. The Morgan fingerprint density at radius 2 is 1.48 bits per heavy atom. The average molecular weight is 623 g/mol. The monoisotopic (exact) mass is 622 g/mol. The largest absolute Gasteiger partial charge is 0.481 e. The van der Waals surface area contributed by atoms with Crippen LogP contribution in [0.1, 0.15) is 38.3 Å². The SMILES string of the molecule is CC(C)(C)OC(=O)NCc1ccc(N2C(=O)C(CC(=O)O)C(=O)N(Cc3ccc(NS(C)(=O)=O)cc3)c3ccccc32)cc1. The number of carboxylic acid groups (broad SMARTS) is 1. The van der Waals surface area contributed by atoms with Crippen molar-refractivity contribution in [3.05, 3.63) is 83.9 Å². The van der Waals surface area contributed by atoms with Gasteiger partial charge in [-0.3, -0.25) is 24.0 Å². The Morgan fingerprint density at radius 1 is 0.886 bits per heavy atom. The first-order chi connectivity index (χ1) is 20.6. The molecule has 0 saturated heterocycles. The maximum Gasteiger partial charge on any atom is 0.407 e. The van der Waals surface area contributed by atoms with Crippen LogP contribution in [0.2, 0.25) is 0 Å². The smallest absolute Gasteiger partial charge is 0.407 e. The standard InChI is InChI=1S/C31H34N4O8S/c1-31(2,3)43-30(40)32-18-20-11-15-23(16-12-20)35-26-8-6-5-7-25(26)34(28(38)24(29(35)39)17-27(36)37)19-21-9-13-22(14-10-21)33-44(4,41)42/h5-16,24,33H,17-19H2,1-4H3,(H,32,40)(H,36,37). The van der Waals surface area contributed by atoms with E-state index in [2.05, 4.69) is 10.0 Å². The Balaban J connectivity index is 1.67. The van der Waals surface area contributed by atoms with Gasteiger partial charge in [-0.05, 0) is 68.3 Å². The number of rotatable bonds is 9. The summed E-state index contributed by atoms with van der Waals surface area (Å²) in [7, 11) is -3.48. The molecule has 1 aliphatic rings. The predicted molar refractivity (Wildman–Crippen MR) is 165 cm³/mol. The molecule has 0 aromatic heterocycles. The van der Waals surface area contributed by atoms with Crippen LogP contribution in [-0.4, -0.2) is 49.3 Å². The second-order valence-electron chi connectivity index (χ2n) is 11.3. The minimum atomic E-state index is -3.48. The molecule has 1 atom stereocenters. The Morgan fingerprint density at radius 3 is 2.05 bits per heavy atom. The fraction of sp³-hybridized carbons (Fsp3) is 0.290. The lowest BCUT2D eigenvalue weighted by molar-refractivity contribution is -0.144. The highest BCUT2D eigenvalue weighted by molar-refractivity contribution is 7.92. The molecule has 0 spiro atoms. The lowest BCUT2D eigenvalue weighted by Crippen LogP contribution is -2.41. The molecule has 0 radical (unpaired) electrons. The van der Waals surface area contributed by atoms with Gasteiger partial charge in [-0.2, -0.15) is 0 Å². The van der Waals surface area contributed by atoms with Crippen LogP contribution in [0.4, 0.5) is 27.5 Å². The molecule has 4 rings (SSSR count). The van der Waals surface area contributed by atoms with Gasteiger partial charge in [0, 0.05) is 17.9 Å². The Bertz CT molecular complexity index is 1670. The van der Waals surface area contributed by atoms with Gasteiger partial charge < -0.3 is 20.1 Å².